The van der Waals surface area contributed by atoms with Crippen LogP contribution < -0.4 is 5.32 Å². The molecule has 0 aliphatic rings. The summed E-state index contributed by atoms with van der Waals surface area (Å²) in [4.78, 5) is 5.55. The molecule has 0 aromatic carbocycles. The number of aryl methyl sites for hydroxylation is 1. The largest absolute Gasteiger partial charge is 0.308 e. The molecule has 16 heavy (non-hydrogen) atoms. The molecule has 1 aromatic rings. The summed E-state index contributed by atoms with van der Waals surface area (Å²) in [7, 11) is 0. The van der Waals surface area contributed by atoms with Crippen molar-refractivity contribution >= 4 is 17.4 Å². The minimum atomic E-state index is 0.178. The Morgan fingerprint density at radius 3 is 2.62 bits per heavy atom. The van der Waals surface area contributed by atoms with Gasteiger partial charge in [0.15, 0.2) is 0 Å². The van der Waals surface area contributed by atoms with Crippen molar-refractivity contribution in [2.45, 2.75) is 46.6 Å². The van der Waals surface area contributed by atoms with E-state index in [2.05, 4.69) is 51.0 Å². The van der Waals surface area contributed by atoms with Crippen LogP contribution in [0.3, 0.4) is 0 Å². The van der Waals surface area contributed by atoms with Gasteiger partial charge >= 0.3 is 0 Å². The maximum absolute atomic E-state index is 4.27. The first-order chi connectivity index (χ1) is 7.42. The molecule has 0 saturated heterocycles. The summed E-state index contributed by atoms with van der Waals surface area (Å²) in [6.45, 7) is 11.8. The fourth-order valence-corrected chi connectivity index (χ4v) is 2.07. The summed E-state index contributed by atoms with van der Waals surface area (Å²) in [5.74, 6) is 0. The van der Waals surface area contributed by atoms with Gasteiger partial charge in [0.05, 0.1) is 11.2 Å². The third kappa shape index (κ3) is 4.45. The number of nitrogens with zero attached hydrogens (tertiary/aromatic N) is 1. The summed E-state index contributed by atoms with van der Waals surface area (Å²) in [5, 5.41) is 3.52. The molecular weight excluding hydrogens is 216 g/mol. The first kappa shape index (κ1) is 13.4. The van der Waals surface area contributed by atoms with Gasteiger partial charge in [0.1, 0.15) is 0 Å². The molecule has 0 fully saturated rings. The van der Waals surface area contributed by atoms with Gasteiger partial charge < -0.3 is 5.32 Å². The smallest absolute Gasteiger partial charge is 0.0801 e. The van der Waals surface area contributed by atoms with Crippen molar-refractivity contribution in [2.24, 2.45) is 0 Å². The summed E-state index contributed by atoms with van der Waals surface area (Å²) in [6, 6.07) is 0. The van der Waals surface area contributed by atoms with Crippen molar-refractivity contribution in [1.29, 1.82) is 0 Å². The summed E-state index contributed by atoms with van der Waals surface area (Å²) in [6.07, 6.45) is 3.35. The SMILES string of the molecule is CCC(=Cc1scnc1C)CNC(C)(C)C. The van der Waals surface area contributed by atoms with Crippen LogP contribution in [0.2, 0.25) is 0 Å². The van der Waals surface area contributed by atoms with E-state index in [1.807, 2.05) is 5.51 Å². The Morgan fingerprint density at radius 2 is 2.19 bits per heavy atom. The van der Waals surface area contributed by atoms with Crippen LogP contribution in [0.4, 0.5) is 0 Å². The van der Waals surface area contributed by atoms with Crippen molar-refractivity contribution in [1.82, 2.24) is 10.3 Å². The molecule has 3 heteroatoms. The number of hydrogen-bond acceptors (Lipinski definition) is 3. The van der Waals surface area contributed by atoms with Gasteiger partial charge in [-0.1, -0.05) is 12.5 Å². The number of rotatable bonds is 4. The van der Waals surface area contributed by atoms with Crippen LogP contribution in [0.25, 0.3) is 6.08 Å². The third-order valence-electron chi connectivity index (χ3n) is 2.42. The highest BCUT2D eigenvalue weighted by molar-refractivity contribution is 7.10. The van der Waals surface area contributed by atoms with Crippen LogP contribution in [-0.4, -0.2) is 17.1 Å². The second-order valence-corrected chi connectivity index (χ2v) is 5.95. The van der Waals surface area contributed by atoms with E-state index in [9.17, 15) is 0 Å². The van der Waals surface area contributed by atoms with Gasteiger partial charge in [-0.25, -0.2) is 4.98 Å². The Bertz CT molecular complexity index is 358. The van der Waals surface area contributed by atoms with Gasteiger partial charge in [-0.3, -0.25) is 0 Å². The number of thiazole rings is 1. The Kier molecular flexibility index (Phi) is 4.69. The molecule has 1 heterocycles. The lowest BCUT2D eigenvalue weighted by atomic mass is 10.1. The van der Waals surface area contributed by atoms with E-state index in [0.29, 0.717) is 0 Å². The quantitative estimate of drug-likeness (QED) is 0.866. The minimum Gasteiger partial charge on any atom is -0.308 e. The van der Waals surface area contributed by atoms with Crippen LogP contribution in [0.1, 0.15) is 44.7 Å². The van der Waals surface area contributed by atoms with Gasteiger partial charge in [0.25, 0.3) is 0 Å². The molecule has 1 rings (SSSR count). The van der Waals surface area contributed by atoms with Crippen molar-refractivity contribution < 1.29 is 0 Å². The van der Waals surface area contributed by atoms with Crippen LogP contribution in [0, 0.1) is 6.92 Å². The molecule has 0 saturated carbocycles. The Morgan fingerprint density at radius 1 is 1.50 bits per heavy atom. The lowest BCUT2D eigenvalue weighted by Crippen LogP contribution is -2.36. The van der Waals surface area contributed by atoms with E-state index >= 15 is 0 Å². The Hall–Kier alpha value is -0.670. The molecule has 1 N–H and O–H groups in total. The maximum atomic E-state index is 4.27. The zero-order chi connectivity index (χ0) is 12.2. The molecule has 0 bridgehead atoms. The first-order valence-corrected chi connectivity index (χ1v) is 6.65. The Balaban J connectivity index is 2.68. The lowest BCUT2D eigenvalue weighted by molar-refractivity contribution is 0.443. The monoisotopic (exact) mass is 238 g/mol. The average Bonchev–Trinajstić information content (AvgIpc) is 2.57. The molecule has 0 unspecified atom stereocenters. The van der Waals surface area contributed by atoms with Gasteiger partial charge in [-0.2, -0.15) is 0 Å². The summed E-state index contributed by atoms with van der Waals surface area (Å²) >= 11 is 1.71. The summed E-state index contributed by atoms with van der Waals surface area (Å²) < 4.78 is 0. The van der Waals surface area contributed by atoms with Crippen molar-refractivity contribution in [3.63, 3.8) is 0 Å². The molecule has 0 atom stereocenters. The molecular formula is C13H22N2S. The molecule has 0 aliphatic heterocycles. The Labute approximate surface area is 103 Å². The molecule has 1 aromatic heterocycles. The summed E-state index contributed by atoms with van der Waals surface area (Å²) in [5.41, 5.74) is 4.65. The van der Waals surface area contributed by atoms with Crippen molar-refractivity contribution in [3.8, 4) is 0 Å². The molecule has 0 aliphatic carbocycles. The van der Waals surface area contributed by atoms with Crippen LogP contribution >= 0.6 is 11.3 Å². The minimum absolute atomic E-state index is 0.178. The normalized spacial score (nSPS) is 13.2. The molecule has 0 radical (unpaired) electrons. The molecule has 0 spiro atoms. The standard InChI is InChI=1S/C13H22N2S/c1-6-11(8-15-13(3,4)5)7-12-10(2)14-9-16-12/h7,9,15H,6,8H2,1-5H3. The first-order valence-electron chi connectivity index (χ1n) is 5.77. The second-order valence-electron chi connectivity index (χ2n) is 5.06. The van der Waals surface area contributed by atoms with Crippen LogP contribution in [0.5, 0.6) is 0 Å². The average molecular weight is 238 g/mol. The highest BCUT2D eigenvalue weighted by Crippen LogP contribution is 2.17. The predicted molar refractivity (Wildman–Crippen MR) is 72.9 cm³/mol. The molecule has 90 valence electrons. The van der Waals surface area contributed by atoms with Crippen molar-refractivity contribution in [3.05, 3.63) is 21.7 Å². The van der Waals surface area contributed by atoms with Crippen LogP contribution in [-0.2, 0) is 0 Å². The van der Waals surface area contributed by atoms with E-state index in [0.717, 1.165) is 18.7 Å². The van der Waals surface area contributed by atoms with E-state index in [4.69, 9.17) is 0 Å². The zero-order valence-electron chi connectivity index (χ0n) is 10.9. The van der Waals surface area contributed by atoms with E-state index in [-0.39, 0.29) is 5.54 Å². The van der Waals surface area contributed by atoms with Crippen LogP contribution in [0.15, 0.2) is 11.1 Å². The number of aromatic nitrogens is 1. The highest BCUT2D eigenvalue weighted by Gasteiger charge is 2.09. The third-order valence-corrected chi connectivity index (χ3v) is 3.30. The van der Waals surface area contributed by atoms with E-state index in [1.54, 1.807) is 11.3 Å². The van der Waals surface area contributed by atoms with Crippen molar-refractivity contribution in [2.75, 3.05) is 6.54 Å². The van der Waals surface area contributed by atoms with Gasteiger partial charge in [0.2, 0.25) is 0 Å². The van der Waals surface area contributed by atoms with E-state index in [1.165, 1.54) is 10.5 Å². The van der Waals surface area contributed by atoms with Gasteiger partial charge in [-0.15, -0.1) is 11.3 Å². The second kappa shape index (κ2) is 5.60. The lowest BCUT2D eigenvalue weighted by Gasteiger charge is -2.21. The number of hydrogen-bond donors (Lipinski definition) is 1. The topological polar surface area (TPSA) is 24.9 Å². The van der Waals surface area contributed by atoms with E-state index < -0.39 is 0 Å². The molecule has 0 amide bonds. The fraction of sp³-hybridized carbons (Fsp3) is 0.615. The van der Waals surface area contributed by atoms with Gasteiger partial charge in [0, 0.05) is 17.0 Å². The zero-order valence-corrected chi connectivity index (χ0v) is 11.7. The van der Waals surface area contributed by atoms with Gasteiger partial charge in [-0.05, 0) is 40.2 Å². The molecule has 2 nitrogen and oxygen atoms in total. The fourth-order valence-electron chi connectivity index (χ4n) is 1.29. The maximum Gasteiger partial charge on any atom is 0.0801 e. The highest BCUT2D eigenvalue weighted by atomic mass is 32.1. The predicted octanol–water partition coefficient (Wildman–Crippen LogP) is 3.63. The number of nitrogens with one attached hydrogen (secondary N) is 1.